The predicted molar refractivity (Wildman–Crippen MR) is 74.8 cm³/mol. The van der Waals surface area contributed by atoms with E-state index in [0.29, 0.717) is 0 Å². The summed E-state index contributed by atoms with van der Waals surface area (Å²) in [5, 5.41) is 2.74. The van der Waals surface area contributed by atoms with E-state index in [1.165, 1.54) is 44.1 Å². The number of nitrogens with one attached hydrogen (secondary N) is 1. The molecule has 0 aliphatic rings. The number of rotatable bonds is 0. The number of aromatic amines is 1. The van der Waals surface area contributed by atoms with E-state index in [1.54, 1.807) is 0 Å². The van der Waals surface area contributed by atoms with Crippen molar-refractivity contribution >= 4 is 21.8 Å². The zero-order valence-electron chi connectivity index (χ0n) is 10.8. The molecule has 0 amide bonds. The van der Waals surface area contributed by atoms with Gasteiger partial charge in [-0.1, -0.05) is 17.7 Å². The number of benzene rings is 2. The topological polar surface area (TPSA) is 15.8 Å². The summed E-state index contributed by atoms with van der Waals surface area (Å²) in [4.78, 5) is 3.54. The largest absolute Gasteiger partial charge is 0.354 e. The first kappa shape index (κ1) is 10.4. The van der Waals surface area contributed by atoms with Gasteiger partial charge in [-0.3, -0.25) is 0 Å². The van der Waals surface area contributed by atoms with Crippen LogP contribution < -0.4 is 0 Å². The first-order valence-electron chi connectivity index (χ1n) is 6.07. The molecule has 0 spiro atoms. The van der Waals surface area contributed by atoms with Gasteiger partial charge >= 0.3 is 0 Å². The van der Waals surface area contributed by atoms with Crippen molar-refractivity contribution in [1.82, 2.24) is 4.98 Å². The molecule has 1 heteroatoms. The van der Waals surface area contributed by atoms with Gasteiger partial charge in [0.15, 0.2) is 0 Å². The van der Waals surface area contributed by atoms with Crippen molar-refractivity contribution in [3.63, 3.8) is 0 Å². The van der Waals surface area contributed by atoms with Gasteiger partial charge in [0.25, 0.3) is 0 Å². The van der Waals surface area contributed by atoms with Gasteiger partial charge in [-0.25, -0.2) is 0 Å². The van der Waals surface area contributed by atoms with E-state index in [2.05, 4.69) is 56.9 Å². The zero-order valence-corrected chi connectivity index (χ0v) is 10.8. The summed E-state index contributed by atoms with van der Waals surface area (Å²) in [6.45, 7) is 8.73. The lowest BCUT2D eigenvalue weighted by Crippen LogP contribution is -1.85. The molecule has 0 unspecified atom stereocenters. The fourth-order valence-corrected chi connectivity index (χ4v) is 2.69. The molecule has 2 aromatic carbocycles. The molecule has 3 rings (SSSR count). The van der Waals surface area contributed by atoms with E-state index in [1.807, 2.05) is 0 Å². The Balaban J connectivity index is 2.63. The van der Waals surface area contributed by atoms with Crippen molar-refractivity contribution in [3.8, 4) is 0 Å². The zero-order chi connectivity index (χ0) is 12.2. The lowest BCUT2D eigenvalue weighted by Gasteiger charge is -2.05. The first-order chi connectivity index (χ1) is 8.08. The molecule has 0 saturated heterocycles. The van der Waals surface area contributed by atoms with Crippen LogP contribution in [0.2, 0.25) is 0 Å². The van der Waals surface area contributed by atoms with E-state index >= 15 is 0 Å². The number of hydrogen-bond acceptors (Lipinski definition) is 0. The Morgan fingerprint density at radius 2 is 1.65 bits per heavy atom. The molecule has 3 aromatic rings. The molecule has 1 heterocycles. The minimum Gasteiger partial charge on any atom is -0.354 e. The average Bonchev–Trinajstić information content (AvgIpc) is 2.65. The molecule has 86 valence electrons. The highest BCUT2D eigenvalue weighted by atomic mass is 14.7. The van der Waals surface area contributed by atoms with Crippen LogP contribution in [0.1, 0.15) is 22.3 Å². The summed E-state index contributed by atoms with van der Waals surface area (Å²) in [6.07, 6.45) is 0. The van der Waals surface area contributed by atoms with Crippen LogP contribution in [-0.4, -0.2) is 4.98 Å². The van der Waals surface area contributed by atoms with Gasteiger partial charge in [0.1, 0.15) is 0 Å². The Morgan fingerprint density at radius 1 is 0.882 bits per heavy atom. The smallest absolute Gasteiger partial charge is 0.0497 e. The minimum atomic E-state index is 1.24. The second-order valence-electron chi connectivity index (χ2n) is 5.06. The van der Waals surface area contributed by atoms with Crippen molar-refractivity contribution < 1.29 is 0 Å². The molecule has 0 bridgehead atoms. The molecule has 1 aromatic heterocycles. The number of H-pyrrole nitrogens is 1. The Morgan fingerprint density at radius 3 is 2.41 bits per heavy atom. The van der Waals surface area contributed by atoms with E-state index in [0.717, 1.165) is 0 Å². The molecule has 0 saturated carbocycles. The maximum absolute atomic E-state index is 3.54. The lowest BCUT2D eigenvalue weighted by molar-refractivity contribution is 1.34. The highest BCUT2D eigenvalue weighted by Gasteiger charge is 2.10. The van der Waals surface area contributed by atoms with Gasteiger partial charge in [-0.15, -0.1) is 0 Å². The number of hydrogen-bond donors (Lipinski definition) is 1. The predicted octanol–water partition coefficient (Wildman–Crippen LogP) is 4.55. The monoisotopic (exact) mass is 223 g/mol. The second kappa shape index (κ2) is 3.36. The van der Waals surface area contributed by atoms with E-state index in [4.69, 9.17) is 0 Å². The van der Waals surface area contributed by atoms with Crippen molar-refractivity contribution in [2.75, 3.05) is 0 Å². The van der Waals surface area contributed by atoms with E-state index in [-0.39, 0.29) is 0 Å². The SMILES string of the molecule is Cc1ccc2[nH]c3c(C)cc(C)c(C)c3c2c1. The van der Waals surface area contributed by atoms with Crippen molar-refractivity contribution in [1.29, 1.82) is 0 Å². The van der Waals surface area contributed by atoms with Crippen LogP contribution >= 0.6 is 0 Å². The molecular formula is C16H17N. The second-order valence-corrected chi connectivity index (χ2v) is 5.06. The first-order valence-corrected chi connectivity index (χ1v) is 6.07. The van der Waals surface area contributed by atoms with Crippen LogP contribution in [0.15, 0.2) is 24.3 Å². The Kier molecular flexibility index (Phi) is 2.06. The van der Waals surface area contributed by atoms with Gasteiger partial charge in [0.05, 0.1) is 0 Å². The maximum Gasteiger partial charge on any atom is 0.0497 e. The van der Waals surface area contributed by atoms with Gasteiger partial charge in [0, 0.05) is 21.8 Å². The number of aromatic nitrogens is 1. The normalized spacial score (nSPS) is 11.5. The molecule has 0 radical (unpaired) electrons. The molecular weight excluding hydrogens is 206 g/mol. The van der Waals surface area contributed by atoms with Crippen molar-refractivity contribution in [2.45, 2.75) is 27.7 Å². The van der Waals surface area contributed by atoms with Gasteiger partial charge in [-0.05, 0) is 56.5 Å². The van der Waals surface area contributed by atoms with Crippen LogP contribution in [0.25, 0.3) is 21.8 Å². The van der Waals surface area contributed by atoms with Crippen LogP contribution in [0, 0.1) is 27.7 Å². The summed E-state index contributed by atoms with van der Waals surface area (Å²) in [5.41, 5.74) is 7.94. The highest BCUT2D eigenvalue weighted by molar-refractivity contribution is 6.10. The van der Waals surface area contributed by atoms with Crippen LogP contribution in [0.4, 0.5) is 0 Å². The molecule has 0 aliphatic heterocycles. The van der Waals surface area contributed by atoms with Crippen molar-refractivity contribution in [3.05, 3.63) is 46.5 Å². The van der Waals surface area contributed by atoms with Gasteiger partial charge < -0.3 is 4.98 Å². The van der Waals surface area contributed by atoms with Gasteiger partial charge in [-0.2, -0.15) is 0 Å². The fourth-order valence-electron chi connectivity index (χ4n) is 2.69. The third-order valence-corrected chi connectivity index (χ3v) is 3.75. The molecule has 17 heavy (non-hydrogen) atoms. The average molecular weight is 223 g/mol. The summed E-state index contributed by atoms with van der Waals surface area (Å²) < 4.78 is 0. The molecule has 1 N–H and O–H groups in total. The third-order valence-electron chi connectivity index (χ3n) is 3.75. The quantitative estimate of drug-likeness (QED) is 0.575. The Hall–Kier alpha value is -1.76. The summed E-state index contributed by atoms with van der Waals surface area (Å²) in [6, 6.07) is 8.88. The highest BCUT2D eigenvalue weighted by Crippen LogP contribution is 2.32. The Labute approximate surface area is 101 Å². The Bertz CT molecular complexity index is 732. The summed E-state index contributed by atoms with van der Waals surface area (Å²) in [5.74, 6) is 0. The summed E-state index contributed by atoms with van der Waals surface area (Å²) in [7, 11) is 0. The minimum absolute atomic E-state index is 1.24. The fraction of sp³-hybridized carbons (Fsp3) is 0.250. The number of aryl methyl sites for hydroxylation is 4. The van der Waals surface area contributed by atoms with Crippen LogP contribution in [0.3, 0.4) is 0 Å². The van der Waals surface area contributed by atoms with E-state index in [9.17, 15) is 0 Å². The third kappa shape index (κ3) is 1.39. The van der Waals surface area contributed by atoms with Crippen molar-refractivity contribution in [2.24, 2.45) is 0 Å². The lowest BCUT2D eigenvalue weighted by atomic mass is 9.99. The number of fused-ring (bicyclic) bond motifs is 3. The summed E-state index contributed by atoms with van der Waals surface area (Å²) >= 11 is 0. The standard InChI is InChI=1S/C16H17N/c1-9-5-6-14-13(7-9)15-12(4)10(2)8-11(3)16(15)17-14/h5-8,17H,1-4H3. The molecule has 1 nitrogen and oxygen atoms in total. The molecule has 0 aliphatic carbocycles. The maximum atomic E-state index is 3.54. The molecule has 0 fully saturated rings. The van der Waals surface area contributed by atoms with Crippen LogP contribution in [0.5, 0.6) is 0 Å². The molecule has 0 atom stereocenters. The van der Waals surface area contributed by atoms with E-state index < -0.39 is 0 Å². The van der Waals surface area contributed by atoms with Crippen LogP contribution in [-0.2, 0) is 0 Å². The van der Waals surface area contributed by atoms with Gasteiger partial charge in [0.2, 0.25) is 0 Å².